The predicted molar refractivity (Wildman–Crippen MR) is 85.0 cm³/mol. The third kappa shape index (κ3) is 2.83. The molecular weight excluding hydrogens is 303 g/mol. The van der Waals surface area contributed by atoms with Crippen LogP contribution in [0.5, 0.6) is 5.19 Å². The van der Waals surface area contributed by atoms with Gasteiger partial charge in [-0.25, -0.2) is 9.37 Å². The molecule has 2 heterocycles. The van der Waals surface area contributed by atoms with Gasteiger partial charge in [-0.1, -0.05) is 11.3 Å². The number of nitrogens with zero attached hydrogens (tertiary/aromatic N) is 2. The van der Waals surface area contributed by atoms with Crippen LogP contribution in [-0.2, 0) is 0 Å². The molecule has 2 aromatic rings. The summed E-state index contributed by atoms with van der Waals surface area (Å²) < 4.78 is 20.1. The van der Waals surface area contributed by atoms with Crippen LogP contribution in [0, 0.1) is 5.82 Å². The van der Waals surface area contributed by atoms with Crippen molar-refractivity contribution in [1.29, 1.82) is 0 Å². The topological polar surface area (TPSA) is 45.6 Å². The zero-order chi connectivity index (χ0) is 16.1. The summed E-state index contributed by atoms with van der Waals surface area (Å²) >= 11 is 1.36. The number of hydrogen-bond donors (Lipinski definition) is 1. The Bertz CT molecular complexity index is 681. The molecule has 1 aromatic carbocycles. The summed E-state index contributed by atoms with van der Waals surface area (Å²) in [7, 11) is 0. The number of aromatic nitrogens is 1. The fraction of sp³-hybridized carbons (Fsp3) is 0.562. The summed E-state index contributed by atoms with van der Waals surface area (Å²) in [6, 6.07) is 4.55. The van der Waals surface area contributed by atoms with Gasteiger partial charge in [0.1, 0.15) is 11.9 Å². The number of piperidine rings is 1. The van der Waals surface area contributed by atoms with Crippen LogP contribution >= 0.6 is 11.3 Å². The van der Waals surface area contributed by atoms with E-state index in [0.717, 1.165) is 10.2 Å². The molecule has 4 nitrogen and oxygen atoms in total. The van der Waals surface area contributed by atoms with Crippen molar-refractivity contribution in [3.8, 4) is 5.19 Å². The molecule has 0 radical (unpaired) electrons. The number of hydrogen-bond acceptors (Lipinski definition) is 5. The average molecular weight is 324 g/mol. The molecule has 1 aromatic heterocycles. The second-order valence-corrected chi connectivity index (χ2v) is 8.17. The number of ether oxygens (including phenoxy) is 1. The molecule has 22 heavy (non-hydrogen) atoms. The maximum absolute atomic E-state index is 13.3. The lowest BCUT2D eigenvalue weighted by atomic mass is 9.80. The van der Waals surface area contributed by atoms with Gasteiger partial charge in [-0.3, -0.25) is 0 Å². The first-order valence-electron chi connectivity index (χ1n) is 7.39. The van der Waals surface area contributed by atoms with Gasteiger partial charge in [0.2, 0.25) is 0 Å². The highest BCUT2D eigenvalue weighted by Gasteiger charge is 2.46. The third-order valence-corrected chi connectivity index (χ3v) is 5.11. The van der Waals surface area contributed by atoms with Gasteiger partial charge in [0.15, 0.2) is 0 Å². The lowest BCUT2D eigenvalue weighted by molar-refractivity contribution is -0.254. The highest BCUT2D eigenvalue weighted by atomic mass is 32.1. The van der Waals surface area contributed by atoms with Crippen LogP contribution in [0.1, 0.15) is 40.5 Å². The highest BCUT2D eigenvalue weighted by molar-refractivity contribution is 7.20. The Morgan fingerprint density at radius 3 is 2.55 bits per heavy atom. The largest absolute Gasteiger partial charge is 0.467 e. The fourth-order valence-electron chi connectivity index (χ4n) is 3.33. The van der Waals surface area contributed by atoms with E-state index in [1.54, 1.807) is 6.07 Å². The third-order valence-electron chi connectivity index (χ3n) is 4.20. The van der Waals surface area contributed by atoms with E-state index in [2.05, 4.69) is 4.98 Å². The SMILES string of the molecule is CC1(C)CC(Oc2nc3ccc(F)cc3s2)CC(C)(C)N1O. The second kappa shape index (κ2) is 5.15. The van der Waals surface area contributed by atoms with Gasteiger partial charge in [-0.15, -0.1) is 0 Å². The Hall–Kier alpha value is -1.24. The van der Waals surface area contributed by atoms with Crippen LogP contribution in [0.15, 0.2) is 18.2 Å². The lowest BCUT2D eigenvalue weighted by Crippen LogP contribution is -2.61. The smallest absolute Gasteiger partial charge is 0.274 e. The van der Waals surface area contributed by atoms with Crippen molar-refractivity contribution in [2.75, 3.05) is 0 Å². The van der Waals surface area contributed by atoms with Gasteiger partial charge in [-0.2, -0.15) is 5.06 Å². The molecule has 0 bridgehead atoms. The quantitative estimate of drug-likeness (QED) is 0.898. The number of benzene rings is 1. The maximum Gasteiger partial charge on any atom is 0.274 e. The Morgan fingerprint density at radius 1 is 1.27 bits per heavy atom. The first kappa shape index (κ1) is 15.6. The van der Waals surface area contributed by atoms with E-state index in [1.807, 2.05) is 27.7 Å². The minimum absolute atomic E-state index is 0.0289. The van der Waals surface area contributed by atoms with E-state index in [0.29, 0.717) is 18.0 Å². The minimum atomic E-state index is -0.366. The van der Waals surface area contributed by atoms with Gasteiger partial charge in [0.25, 0.3) is 5.19 Å². The summed E-state index contributed by atoms with van der Waals surface area (Å²) in [5.41, 5.74) is 0.0178. The monoisotopic (exact) mass is 324 g/mol. The number of halogens is 1. The Labute approximate surface area is 133 Å². The predicted octanol–water partition coefficient (Wildman–Crippen LogP) is 4.23. The van der Waals surface area contributed by atoms with Gasteiger partial charge in [-0.05, 0) is 45.9 Å². The number of thiazole rings is 1. The molecule has 3 rings (SSSR count). The van der Waals surface area contributed by atoms with E-state index >= 15 is 0 Å². The summed E-state index contributed by atoms with van der Waals surface area (Å²) in [6.07, 6.45) is 1.38. The molecule has 0 saturated carbocycles. The summed E-state index contributed by atoms with van der Waals surface area (Å²) in [5, 5.41) is 12.3. The highest BCUT2D eigenvalue weighted by Crippen LogP contribution is 2.39. The van der Waals surface area contributed by atoms with Crippen LogP contribution in [0.2, 0.25) is 0 Å². The van der Waals surface area contributed by atoms with E-state index in [4.69, 9.17) is 4.74 Å². The molecule has 1 aliphatic rings. The van der Waals surface area contributed by atoms with E-state index < -0.39 is 0 Å². The van der Waals surface area contributed by atoms with Crippen molar-refractivity contribution in [2.45, 2.75) is 57.7 Å². The Balaban J connectivity index is 1.82. The Kier molecular flexibility index (Phi) is 3.66. The molecular formula is C16H21FN2O2S. The zero-order valence-corrected chi connectivity index (χ0v) is 14.1. The first-order chi connectivity index (χ1) is 10.2. The minimum Gasteiger partial charge on any atom is -0.467 e. The molecule has 1 saturated heterocycles. The molecule has 1 N–H and O–H groups in total. The Morgan fingerprint density at radius 2 is 1.91 bits per heavy atom. The van der Waals surface area contributed by atoms with Crippen molar-refractivity contribution >= 4 is 21.6 Å². The van der Waals surface area contributed by atoms with Gasteiger partial charge in [0.05, 0.1) is 10.2 Å². The molecule has 0 atom stereocenters. The number of rotatable bonds is 2. The molecule has 0 aliphatic carbocycles. The van der Waals surface area contributed by atoms with E-state index in [9.17, 15) is 9.60 Å². The average Bonchev–Trinajstić information content (AvgIpc) is 2.76. The summed E-state index contributed by atoms with van der Waals surface area (Å²) in [6.45, 7) is 7.99. The van der Waals surface area contributed by atoms with E-state index in [1.165, 1.54) is 28.5 Å². The van der Waals surface area contributed by atoms with Crippen LogP contribution in [-0.4, -0.2) is 32.4 Å². The molecule has 1 aliphatic heterocycles. The molecule has 120 valence electrons. The van der Waals surface area contributed by atoms with Gasteiger partial charge in [0, 0.05) is 23.9 Å². The van der Waals surface area contributed by atoms with Crippen LogP contribution < -0.4 is 4.74 Å². The normalized spacial score (nSPS) is 22.1. The summed E-state index contributed by atoms with van der Waals surface area (Å²) in [5.74, 6) is -0.265. The van der Waals surface area contributed by atoms with Crippen LogP contribution in [0.4, 0.5) is 4.39 Å². The summed E-state index contributed by atoms with van der Waals surface area (Å²) in [4.78, 5) is 4.42. The van der Waals surface area contributed by atoms with Gasteiger partial charge < -0.3 is 9.94 Å². The standard InChI is InChI=1S/C16H21FN2O2S/c1-15(2)8-11(9-16(3,4)19(15)20)21-14-18-12-6-5-10(17)7-13(12)22-14/h5-7,11,20H,8-9H2,1-4H3. The maximum atomic E-state index is 13.3. The fourth-order valence-corrected chi connectivity index (χ4v) is 4.24. The van der Waals surface area contributed by atoms with Crippen molar-refractivity contribution in [3.05, 3.63) is 24.0 Å². The van der Waals surface area contributed by atoms with Gasteiger partial charge >= 0.3 is 0 Å². The van der Waals surface area contributed by atoms with Crippen LogP contribution in [0.25, 0.3) is 10.2 Å². The van der Waals surface area contributed by atoms with Crippen molar-refractivity contribution in [1.82, 2.24) is 10.0 Å². The number of hydroxylamine groups is 2. The molecule has 1 fully saturated rings. The molecule has 6 heteroatoms. The zero-order valence-electron chi connectivity index (χ0n) is 13.3. The molecule has 0 unspecified atom stereocenters. The van der Waals surface area contributed by atoms with Crippen molar-refractivity contribution in [3.63, 3.8) is 0 Å². The molecule has 0 amide bonds. The second-order valence-electron chi connectivity index (χ2n) is 7.18. The van der Waals surface area contributed by atoms with Crippen molar-refractivity contribution < 1.29 is 14.3 Å². The van der Waals surface area contributed by atoms with Crippen molar-refractivity contribution in [2.24, 2.45) is 0 Å². The van der Waals surface area contributed by atoms with Crippen LogP contribution in [0.3, 0.4) is 0 Å². The lowest BCUT2D eigenvalue weighted by Gasteiger charge is -2.50. The van der Waals surface area contributed by atoms with E-state index in [-0.39, 0.29) is 23.0 Å². The number of fused-ring (bicyclic) bond motifs is 1. The molecule has 0 spiro atoms. The first-order valence-corrected chi connectivity index (χ1v) is 8.21.